The number of esters is 2. The van der Waals surface area contributed by atoms with Gasteiger partial charge >= 0.3 is 11.9 Å². The maximum absolute atomic E-state index is 12.1. The summed E-state index contributed by atoms with van der Waals surface area (Å²) in [5.74, 6) is -0.297. The quantitative estimate of drug-likeness (QED) is 0.361. The van der Waals surface area contributed by atoms with Crippen LogP contribution >= 0.6 is 31.9 Å². The van der Waals surface area contributed by atoms with Crippen molar-refractivity contribution in [3.63, 3.8) is 0 Å². The molecule has 1 aliphatic heterocycles. The van der Waals surface area contributed by atoms with Crippen LogP contribution in [0, 0.1) is 6.92 Å². The molecule has 26 heavy (non-hydrogen) atoms. The molecule has 0 spiro atoms. The Morgan fingerprint density at radius 1 is 1.15 bits per heavy atom. The highest BCUT2D eigenvalue weighted by molar-refractivity contribution is 9.11. The lowest BCUT2D eigenvalue weighted by Crippen LogP contribution is -2.05. The summed E-state index contributed by atoms with van der Waals surface area (Å²) >= 11 is 6.72. The third kappa shape index (κ3) is 4.11. The number of ether oxygens (including phenoxy) is 2. The van der Waals surface area contributed by atoms with Gasteiger partial charge in [-0.2, -0.15) is 0 Å². The van der Waals surface area contributed by atoms with E-state index in [4.69, 9.17) is 9.47 Å². The lowest BCUT2D eigenvalue weighted by molar-refractivity contribution is -0.132. The molecule has 0 N–H and O–H groups in total. The molecule has 0 aliphatic carbocycles. The van der Waals surface area contributed by atoms with Crippen LogP contribution in [-0.4, -0.2) is 17.8 Å². The number of aryl methyl sites for hydroxylation is 1. The van der Waals surface area contributed by atoms with E-state index in [1.807, 2.05) is 31.2 Å². The first kappa shape index (κ1) is 18.5. The normalized spacial score (nSPS) is 15.0. The number of aliphatic imine (C=N–C) groups is 1. The van der Waals surface area contributed by atoms with E-state index in [9.17, 15) is 9.59 Å². The fourth-order valence-electron chi connectivity index (χ4n) is 2.29. The van der Waals surface area contributed by atoms with Gasteiger partial charge in [0.2, 0.25) is 5.90 Å². The molecule has 2 aromatic carbocycles. The topological polar surface area (TPSA) is 65.0 Å². The van der Waals surface area contributed by atoms with Crippen molar-refractivity contribution in [2.75, 3.05) is 0 Å². The maximum Gasteiger partial charge on any atom is 0.363 e. The molecule has 0 unspecified atom stereocenters. The van der Waals surface area contributed by atoms with E-state index in [1.165, 1.54) is 6.92 Å². The Labute approximate surface area is 167 Å². The monoisotopic (exact) mass is 477 g/mol. The minimum Gasteiger partial charge on any atom is -0.424 e. The van der Waals surface area contributed by atoms with Crippen LogP contribution in [0.4, 0.5) is 0 Å². The molecule has 0 bridgehead atoms. The third-order valence-corrected chi connectivity index (χ3v) is 4.67. The first-order valence-electron chi connectivity index (χ1n) is 7.60. The SMILES string of the molecule is CC(=O)Oc1c(Br)cc(C=C2N=C(c3ccc(C)cc3)OC2=O)cc1Br. The highest BCUT2D eigenvalue weighted by Gasteiger charge is 2.24. The summed E-state index contributed by atoms with van der Waals surface area (Å²) < 4.78 is 11.5. The highest BCUT2D eigenvalue weighted by Crippen LogP contribution is 2.35. The van der Waals surface area contributed by atoms with Crippen molar-refractivity contribution in [1.29, 1.82) is 0 Å². The van der Waals surface area contributed by atoms with Crippen molar-refractivity contribution in [3.05, 3.63) is 67.7 Å². The molecule has 0 radical (unpaired) electrons. The Bertz CT molecular complexity index is 939. The second kappa shape index (κ2) is 7.55. The number of carbonyl (C=O) groups is 2. The molecule has 0 atom stereocenters. The van der Waals surface area contributed by atoms with Crippen LogP contribution in [0.2, 0.25) is 0 Å². The lowest BCUT2D eigenvalue weighted by Gasteiger charge is -2.08. The van der Waals surface area contributed by atoms with Crippen molar-refractivity contribution in [3.8, 4) is 5.75 Å². The molecule has 5 nitrogen and oxygen atoms in total. The van der Waals surface area contributed by atoms with Crippen LogP contribution in [0.15, 0.2) is 56.0 Å². The van der Waals surface area contributed by atoms with Gasteiger partial charge in [0, 0.05) is 12.5 Å². The van der Waals surface area contributed by atoms with E-state index in [2.05, 4.69) is 36.9 Å². The first-order chi connectivity index (χ1) is 12.3. The van der Waals surface area contributed by atoms with Gasteiger partial charge in [0.25, 0.3) is 0 Å². The van der Waals surface area contributed by atoms with Crippen LogP contribution in [0.25, 0.3) is 6.08 Å². The molecule has 0 fully saturated rings. The van der Waals surface area contributed by atoms with Crippen LogP contribution in [0.5, 0.6) is 5.75 Å². The van der Waals surface area contributed by atoms with E-state index in [0.29, 0.717) is 20.3 Å². The average molecular weight is 479 g/mol. The van der Waals surface area contributed by atoms with E-state index in [-0.39, 0.29) is 11.6 Å². The average Bonchev–Trinajstić information content (AvgIpc) is 2.92. The summed E-state index contributed by atoms with van der Waals surface area (Å²) in [6, 6.07) is 11.0. The number of hydrogen-bond acceptors (Lipinski definition) is 5. The highest BCUT2D eigenvalue weighted by atomic mass is 79.9. The molecular weight excluding hydrogens is 466 g/mol. The third-order valence-electron chi connectivity index (χ3n) is 3.49. The predicted octanol–water partition coefficient (Wildman–Crippen LogP) is 4.79. The Hall–Kier alpha value is -2.25. The molecule has 7 heteroatoms. The molecular formula is C19H13Br2NO4. The Morgan fingerprint density at radius 3 is 2.35 bits per heavy atom. The summed E-state index contributed by atoms with van der Waals surface area (Å²) in [5.41, 5.74) is 2.73. The van der Waals surface area contributed by atoms with Gasteiger partial charge in [-0.1, -0.05) is 17.7 Å². The minimum atomic E-state index is -0.517. The second-order valence-corrected chi connectivity index (χ2v) is 7.32. The largest absolute Gasteiger partial charge is 0.424 e. The number of hydrogen-bond donors (Lipinski definition) is 0. The standard InChI is InChI=1S/C19H13Br2NO4/c1-10-3-5-13(6-4-10)18-22-16(19(24)26-18)9-12-7-14(20)17(15(21)8-12)25-11(2)23/h3-9H,1-2H3. The molecule has 2 aromatic rings. The smallest absolute Gasteiger partial charge is 0.363 e. The van der Waals surface area contributed by atoms with Gasteiger partial charge in [-0.3, -0.25) is 4.79 Å². The fourth-order valence-corrected chi connectivity index (χ4v) is 3.67. The van der Waals surface area contributed by atoms with Gasteiger partial charge < -0.3 is 9.47 Å². The van der Waals surface area contributed by atoms with Gasteiger partial charge in [-0.05, 0) is 74.7 Å². The van der Waals surface area contributed by atoms with E-state index in [0.717, 1.165) is 11.1 Å². The molecule has 0 saturated heterocycles. The van der Waals surface area contributed by atoms with Crippen LogP contribution in [-0.2, 0) is 14.3 Å². The second-order valence-electron chi connectivity index (χ2n) is 5.61. The molecule has 0 amide bonds. The molecule has 0 aromatic heterocycles. The Balaban J connectivity index is 1.93. The number of halogens is 2. The number of rotatable bonds is 3. The summed E-state index contributed by atoms with van der Waals surface area (Å²) in [5, 5.41) is 0. The predicted molar refractivity (Wildman–Crippen MR) is 105 cm³/mol. The Kier molecular flexibility index (Phi) is 5.38. The van der Waals surface area contributed by atoms with E-state index in [1.54, 1.807) is 18.2 Å². The molecule has 3 rings (SSSR count). The van der Waals surface area contributed by atoms with Crippen LogP contribution in [0.3, 0.4) is 0 Å². The van der Waals surface area contributed by atoms with E-state index >= 15 is 0 Å². The summed E-state index contributed by atoms with van der Waals surface area (Å²) in [4.78, 5) is 27.6. The van der Waals surface area contributed by atoms with Gasteiger partial charge in [0.05, 0.1) is 8.95 Å². The number of benzene rings is 2. The van der Waals surface area contributed by atoms with Crippen molar-refractivity contribution in [2.24, 2.45) is 4.99 Å². The van der Waals surface area contributed by atoms with Crippen molar-refractivity contribution in [1.82, 2.24) is 0 Å². The summed E-state index contributed by atoms with van der Waals surface area (Å²) in [6.45, 7) is 3.30. The van der Waals surface area contributed by atoms with Crippen LogP contribution < -0.4 is 4.74 Å². The Morgan fingerprint density at radius 2 is 1.77 bits per heavy atom. The van der Waals surface area contributed by atoms with Crippen LogP contribution in [0.1, 0.15) is 23.6 Å². The van der Waals surface area contributed by atoms with Crippen molar-refractivity contribution >= 4 is 55.8 Å². The number of carbonyl (C=O) groups excluding carboxylic acids is 2. The zero-order valence-electron chi connectivity index (χ0n) is 13.9. The fraction of sp³-hybridized carbons (Fsp3) is 0.105. The molecule has 1 aliphatic rings. The van der Waals surface area contributed by atoms with Gasteiger partial charge in [0.1, 0.15) is 0 Å². The molecule has 132 valence electrons. The van der Waals surface area contributed by atoms with Gasteiger partial charge in [-0.15, -0.1) is 0 Å². The van der Waals surface area contributed by atoms with Gasteiger partial charge in [0.15, 0.2) is 11.4 Å². The molecule has 1 heterocycles. The first-order valence-corrected chi connectivity index (χ1v) is 9.19. The zero-order chi connectivity index (χ0) is 18.8. The van der Waals surface area contributed by atoms with Gasteiger partial charge in [-0.25, -0.2) is 9.79 Å². The van der Waals surface area contributed by atoms with E-state index < -0.39 is 11.9 Å². The summed E-state index contributed by atoms with van der Waals surface area (Å²) in [6.07, 6.45) is 1.61. The number of cyclic esters (lactones) is 1. The van der Waals surface area contributed by atoms with Crippen molar-refractivity contribution < 1.29 is 19.1 Å². The zero-order valence-corrected chi connectivity index (χ0v) is 17.0. The van der Waals surface area contributed by atoms with Crippen molar-refractivity contribution in [2.45, 2.75) is 13.8 Å². The lowest BCUT2D eigenvalue weighted by atomic mass is 10.1. The summed E-state index contributed by atoms with van der Waals surface area (Å²) in [7, 11) is 0. The maximum atomic E-state index is 12.1. The molecule has 0 saturated carbocycles. The minimum absolute atomic E-state index is 0.194. The number of nitrogens with zero attached hydrogens (tertiary/aromatic N) is 1.